The molecule has 1 aromatic rings. The van der Waals surface area contributed by atoms with E-state index in [-0.39, 0.29) is 5.91 Å². The van der Waals surface area contributed by atoms with E-state index in [1.54, 1.807) is 6.07 Å². The smallest absolute Gasteiger partial charge is 0.248 e. The van der Waals surface area contributed by atoms with Crippen LogP contribution in [0.1, 0.15) is 35.2 Å². The fourth-order valence-electron chi connectivity index (χ4n) is 2.90. The highest BCUT2D eigenvalue weighted by Gasteiger charge is 2.31. The number of primary amides is 1. The summed E-state index contributed by atoms with van der Waals surface area (Å²) in [5.41, 5.74) is 7.12. The maximum absolute atomic E-state index is 11.3. The Morgan fingerprint density at radius 2 is 2.20 bits per heavy atom. The predicted octanol–water partition coefficient (Wildman–Crippen LogP) is 1.79. The summed E-state index contributed by atoms with van der Waals surface area (Å²) in [7, 11) is 0. The quantitative estimate of drug-likeness (QED) is 0.860. The molecule has 4 heteroatoms. The molecule has 3 rings (SSSR count). The van der Waals surface area contributed by atoms with E-state index < -0.39 is 0 Å². The van der Waals surface area contributed by atoms with Crippen molar-refractivity contribution in [3.8, 4) is 0 Å². The molecule has 0 radical (unpaired) electrons. The number of nitrogens with zero attached hydrogens (tertiary/aromatic N) is 1. The zero-order valence-corrected chi connectivity index (χ0v) is 11.8. The highest BCUT2D eigenvalue weighted by Crippen LogP contribution is 2.30. The fourth-order valence-corrected chi connectivity index (χ4v) is 2.90. The summed E-state index contributed by atoms with van der Waals surface area (Å²) in [5, 5.41) is 0. The van der Waals surface area contributed by atoms with Crippen molar-refractivity contribution in [3.05, 3.63) is 35.4 Å². The first-order valence-electron chi connectivity index (χ1n) is 7.43. The van der Waals surface area contributed by atoms with Crippen LogP contribution in [0.3, 0.4) is 0 Å². The van der Waals surface area contributed by atoms with Crippen LogP contribution in [0.4, 0.5) is 0 Å². The molecular weight excluding hydrogens is 252 g/mol. The molecule has 2 fully saturated rings. The van der Waals surface area contributed by atoms with Crippen LogP contribution in [0.15, 0.2) is 24.3 Å². The minimum absolute atomic E-state index is 0.353. The maximum atomic E-state index is 11.3. The van der Waals surface area contributed by atoms with Crippen LogP contribution in [-0.2, 0) is 11.3 Å². The largest absolute Gasteiger partial charge is 0.381 e. The zero-order chi connectivity index (χ0) is 13.9. The number of nitrogens with two attached hydrogens (primary N) is 1. The lowest BCUT2D eigenvalue weighted by atomic mass is 10.1. The summed E-state index contributed by atoms with van der Waals surface area (Å²) in [6.07, 6.45) is 3.76. The Morgan fingerprint density at radius 3 is 2.85 bits per heavy atom. The Kier molecular flexibility index (Phi) is 4.03. The Hall–Kier alpha value is -1.39. The lowest BCUT2D eigenvalue weighted by molar-refractivity contribution is 0.1000. The lowest BCUT2D eigenvalue weighted by Gasteiger charge is -2.25. The first-order chi connectivity index (χ1) is 9.72. The monoisotopic (exact) mass is 274 g/mol. The van der Waals surface area contributed by atoms with Crippen molar-refractivity contribution in [3.63, 3.8) is 0 Å². The van der Waals surface area contributed by atoms with E-state index in [4.69, 9.17) is 10.5 Å². The van der Waals surface area contributed by atoms with Gasteiger partial charge in [0.1, 0.15) is 0 Å². The molecule has 0 unspecified atom stereocenters. The van der Waals surface area contributed by atoms with Gasteiger partial charge in [0.15, 0.2) is 0 Å². The molecular formula is C16H22N2O2. The van der Waals surface area contributed by atoms with Gasteiger partial charge in [-0.3, -0.25) is 9.69 Å². The van der Waals surface area contributed by atoms with E-state index in [2.05, 4.69) is 11.0 Å². The summed E-state index contributed by atoms with van der Waals surface area (Å²) < 4.78 is 5.47. The number of benzene rings is 1. The summed E-state index contributed by atoms with van der Waals surface area (Å²) in [4.78, 5) is 13.8. The van der Waals surface area contributed by atoms with Gasteiger partial charge in [-0.15, -0.1) is 0 Å². The number of amides is 1. The molecule has 1 aliphatic heterocycles. The third-order valence-electron chi connectivity index (χ3n) is 4.18. The van der Waals surface area contributed by atoms with E-state index in [1.165, 1.54) is 24.8 Å². The van der Waals surface area contributed by atoms with Crippen LogP contribution in [0.2, 0.25) is 0 Å². The molecule has 1 aromatic carbocycles. The third kappa shape index (κ3) is 3.38. The molecule has 1 aliphatic carbocycles. The molecule has 4 nitrogen and oxygen atoms in total. The minimum Gasteiger partial charge on any atom is -0.381 e. The van der Waals surface area contributed by atoms with Crippen molar-refractivity contribution in [2.24, 2.45) is 11.7 Å². The van der Waals surface area contributed by atoms with Gasteiger partial charge in [-0.25, -0.2) is 0 Å². The topological polar surface area (TPSA) is 55.6 Å². The molecule has 2 aliphatic rings. The molecule has 1 heterocycles. The van der Waals surface area contributed by atoms with Crippen molar-refractivity contribution >= 4 is 5.91 Å². The number of rotatable bonds is 6. The Bertz CT molecular complexity index is 479. The van der Waals surface area contributed by atoms with Crippen molar-refractivity contribution in [1.82, 2.24) is 4.90 Å². The van der Waals surface area contributed by atoms with Crippen LogP contribution < -0.4 is 5.73 Å². The second kappa shape index (κ2) is 5.94. The SMILES string of the molecule is NC(=O)c1cccc(CN(C[C@H]2CCOC2)C2CC2)c1. The van der Waals surface area contributed by atoms with Crippen LogP contribution >= 0.6 is 0 Å². The van der Waals surface area contributed by atoms with Gasteiger partial charge in [0.05, 0.1) is 6.61 Å². The van der Waals surface area contributed by atoms with Crippen LogP contribution in [-0.4, -0.2) is 36.6 Å². The summed E-state index contributed by atoms with van der Waals surface area (Å²) in [5.74, 6) is 0.309. The molecule has 1 atom stereocenters. The van der Waals surface area contributed by atoms with Gasteiger partial charge in [-0.05, 0) is 42.9 Å². The van der Waals surface area contributed by atoms with Gasteiger partial charge >= 0.3 is 0 Å². The predicted molar refractivity (Wildman–Crippen MR) is 77.3 cm³/mol. The second-order valence-corrected chi connectivity index (χ2v) is 5.95. The average molecular weight is 274 g/mol. The normalized spacial score (nSPS) is 22.4. The molecule has 1 amide bonds. The van der Waals surface area contributed by atoms with Crippen molar-refractivity contribution in [2.45, 2.75) is 31.8 Å². The number of carbonyl (C=O) groups excluding carboxylic acids is 1. The van der Waals surface area contributed by atoms with Crippen LogP contribution in [0.5, 0.6) is 0 Å². The summed E-state index contributed by atoms with van der Waals surface area (Å²) in [6, 6.07) is 8.40. The summed E-state index contributed by atoms with van der Waals surface area (Å²) in [6.45, 7) is 3.80. The van der Waals surface area contributed by atoms with Crippen LogP contribution in [0.25, 0.3) is 0 Å². The van der Waals surface area contributed by atoms with Gasteiger partial charge in [0, 0.05) is 31.3 Å². The van der Waals surface area contributed by atoms with E-state index in [0.717, 1.165) is 26.3 Å². The Labute approximate surface area is 119 Å². The first-order valence-corrected chi connectivity index (χ1v) is 7.43. The van der Waals surface area contributed by atoms with Gasteiger partial charge in [-0.2, -0.15) is 0 Å². The lowest BCUT2D eigenvalue weighted by Crippen LogP contribution is -2.31. The minimum atomic E-state index is -0.353. The Balaban J connectivity index is 1.66. The fraction of sp³-hybridized carbons (Fsp3) is 0.562. The second-order valence-electron chi connectivity index (χ2n) is 5.95. The zero-order valence-electron chi connectivity index (χ0n) is 11.8. The van der Waals surface area contributed by atoms with E-state index in [0.29, 0.717) is 17.5 Å². The molecule has 0 spiro atoms. The van der Waals surface area contributed by atoms with Gasteiger partial charge < -0.3 is 10.5 Å². The molecule has 2 N–H and O–H groups in total. The molecule has 20 heavy (non-hydrogen) atoms. The highest BCUT2D eigenvalue weighted by atomic mass is 16.5. The van der Waals surface area contributed by atoms with Crippen molar-refractivity contribution in [2.75, 3.05) is 19.8 Å². The molecule has 1 saturated carbocycles. The number of ether oxygens (including phenoxy) is 1. The van der Waals surface area contributed by atoms with Gasteiger partial charge in [0.2, 0.25) is 5.91 Å². The molecule has 0 aromatic heterocycles. The highest BCUT2D eigenvalue weighted by molar-refractivity contribution is 5.92. The molecule has 108 valence electrons. The number of carbonyl (C=O) groups is 1. The van der Waals surface area contributed by atoms with E-state index >= 15 is 0 Å². The number of hydrogen-bond donors (Lipinski definition) is 1. The Morgan fingerprint density at radius 1 is 1.35 bits per heavy atom. The van der Waals surface area contributed by atoms with E-state index in [9.17, 15) is 4.79 Å². The standard InChI is InChI=1S/C16H22N2O2/c17-16(19)14-3-1-2-12(8-14)9-18(15-4-5-15)10-13-6-7-20-11-13/h1-3,8,13,15H,4-7,9-11H2,(H2,17,19)/t13-/m1/s1. The molecule has 0 bridgehead atoms. The maximum Gasteiger partial charge on any atom is 0.248 e. The van der Waals surface area contributed by atoms with Gasteiger partial charge in [-0.1, -0.05) is 12.1 Å². The van der Waals surface area contributed by atoms with E-state index in [1.807, 2.05) is 12.1 Å². The summed E-state index contributed by atoms with van der Waals surface area (Å²) >= 11 is 0. The van der Waals surface area contributed by atoms with Crippen molar-refractivity contribution < 1.29 is 9.53 Å². The van der Waals surface area contributed by atoms with Crippen molar-refractivity contribution in [1.29, 1.82) is 0 Å². The average Bonchev–Trinajstić information content (AvgIpc) is 3.17. The number of hydrogen-bond acceptors (Lipinski definition) is 3. The molecule has 1 saturated heterocycles. The van der Waals surface area contributed by atoms with Gasteiger partial charge in [0.25, 0.3) is 0 Å². The third-order valence-corrected chi connectivity index (χ3v) is 4.18. The first kappa shape index (κ1) is 13.6. The van der Waals surface area contributed by atoms with Crippen LogP contribution in [0, 0.1) is 5.92 Å².